The molecule has 0 fully saturated rings. The van der Waals surface area contributed by atoms with E-state index in [2.05, 4.69) is 17.6 Å². The lowest BCUT2D eigenvalue weighted by Gasteiger charge is -1.95. The van der Waals surface area contributed by atoms with Gasteiger partial charge in [-0.3, -0.25) is 0 Å². The molecule has 0 radical (unpaired) electrons. The van der Waals surface area contributed by atoms with Crippen LogP contribution in [-0.4, -0.2) is 10.7 Å². The molecule has 0 saturated heterocycles. The minimum Gasteiger partial charge on any atom is -0.224 e. The highest BCUT2D eigenvalue weighted by atomic mass is 35.5. The number of hydrogen-bond donors (Lipinski definition) is 1. The maximum atomic E-state index is 5.68. The fourth-order valence-corrected chi connectivity index (χ4v) is 1.35. The number of halogens is 2. The van der Waals surface area contributed by atoms with Gasteiger partial charge in [0.25, 0.3) is 0 Å². The summed E-state index contributed by atoms with van der Waals surface area (Å²) < 4.78 is 0. The molecule has 0 saturated carbocycles. The first-order chi connectivity index (χ1) is 5.72. The topological polar surface area (TPSA) is 12.9 Å². The van der Waals surface area contributed by atoms with Gasteiger partial charge in [-0.15, -0.1) is 0 Å². The van der Waals surface area contributed by atoms with Gasteiger partial charge in [0.15, 0.2) is 0 Å². The predicted octanol–water partition coefficient (Wildman–Crippen LogP) is 3.33. The molecule has 1 nitrogen and oxygen atoms in total. The van der Waals surface area contributed by atoms with E-state index in [-0.39, 0.29) is 0 Å². The van der Waals surface area contributed by atoms with Crippen LogP contribution in [0.25, 0.3) is 6.08 Å². The van der Waals surface area contributed by atoms with Crippen molar-refractivity contribution in [2.45, 2.75) is 0 Å². The maximum absolute atomic E-state index is 5.68. The standard InChI is InChI=1S/C8H7Cl2NS/c9-7-4-6(2-1-3-12)5-8(10)11-7/h1-2,4-5,12H,3H2. The Morgan fingerprint density at radius 3 is 2.42 bits per heavy atom. The van der Waals surface area contributed by atoms with Crippen molar-refractivity contribution in [1.29, 1.82) is 0 Å². The molecule has 1 rings (SSSR count). The molecule has 0 unspecified atom stereocenters. The van der Waals surface area contributed by atoms with Crippen LogP contribution in [0.2, 0.25) is 10.3 Å². The van der Waals surface area contributed by atoms with E-state index in [4.69, 9.17) is 23.2 Å². The Bertz CT molecular complexity index is 279. The van der Waals surface area contributed by atoms with Crippen LogP contribution in [0, 0.1) is 0 Å². The number of aromatic nitrogens is 1. The molecule has 0 N–H and O–H groups in total. The summed E-state index contributed by atoms with van der Waals surface area (Å²) in [6, 6.07) is 3.49. The first-order valence-corrected chi connectivity index (χ1v) is 4.71. The van der Waals surface area contributed by atoms with E-state index in [0.29, 0.717) is 16.1 Å². The van der Waals surface area contributed by atoms with E-state index in [0.717, 1.165) is 5.56 Å². The zero-order valence-corrected chi connectivity index (χ0v) is 8.57. The van der Waals surface area contributed by atoms with Crippen molar-refractivity contribution in [2.24, 2.45) is 0 Å². The predicted molar refractivity (Wildman–Crippen MR) is 57.1 cm³/mol. The lowest BCUT2D eigenvalue weighted by molar-refractivity contribution is 1.32. The van der Waals surface area contributed by atoms with Crippen molar-refractivity contribution >= 4 is 41.9 Å². The van der Waals surface area contributed by atoms with Gasteiger partial charge in [-0.05, 0) is 17.7 Å². The smallest absolute Gasteiger partial charge is 0.131 e. The number of thiol groups is 1. The fraction of sp³-hybridized carbons (Fsp3) is 0.125. The van der Waals surface area contributed by atoms with Crippen molar-refractivity contribution in [1.82, 2.24) is 4.98 Å². The summed E-state index contributed by atoms with van der Waals surface area (Å²) in [4.78, 5) is 3.82. The molecule has 0 spiro atoms. The quantitative estimate of drug-likeness (QED) is 0.595. The van der Waals surface area contributed by atoms with E-state index < -0.39 is 0 Å². The summed E-state index contributed by atoms with van der Waals surface area (Å²) >= 11 is 15.4. The van der Waals surface area contributed by atoms with E-state index in [1.807, 2.05) is 12.2 Å². The molecule has 4 heteroatoms. The Hall–Kier alpha value is -0.180. The molecule has 12 heavy (non-hydrogen) atoms. The number of hydrogen-bond acceptors (Lipinski definition) is 2. The number of rotatable bonds is 2. The Balaban J connectivity index is 2.93. The molecule has 0 atom stereocenters. The van der Waals surface area contributed by atoms with Crippen molar-refractivity contribution < 1.29 is 0 Å². The van der Waals surface area contributed by atoms with Crippen molar-refractivity contribution in [3.8, 4) is 0 Å². The Morgan fingerprint density at radius 1 is 1.33 bits per heavy atom. The average Bonchev–Trinajstić information content (AvgIpc) is 1.99. The first kappa shape index (κ1) is 9.90. The van der Waals surface area contributed by atoms with Gasteiger partial charge in [-0.25, -0.2) is 4.98 Å². The molecule has 0 aromatic carbocycles. The van der Waals surface area contributed by atoms with Crippen LogP contribution in [0.3, 0.4) is 0 Å². The van der Waals surface area contributed by atoms with Crippen LogP contribution in [0.5, 0.6) is 0 Å². The maximum Gasteiger partial charge on any atom is 0.131 e. The summed E-state index contributed by atoms with van der Waals surface area (Å²) in [6.07, 6.45) is 3.80. The molecule has 0 amide bonds. The van der Waals surface area contributed by atoms with Crippen LogP contribution in [0.1, 0.15) is 5.56 Å². The highest BCUT2D eigenvalue weighted by Crippen LogP contribution is 2.15. The van der Waals surface area contributed by atoms with Gasteiger partial charge in [-0.2, -0.15) is 12.6 Å². The van der Waals surface area contributed by atoms with Crippen molar-refractivity contribution in [3.05, 3.63) is 34.1 Å². The van der Waals surface area contributed by atoms with E-state index in [9.17, 15) is 0 Å². The Morgan fingerprint density at radius 2 is 1.92 bits per heavy atom. The highest BCUT2D eigenvalue weighted by Gasteiger charge is 1.95. The molecule has 64 valence electrons. The summed E-state index contributed by atoms with van der Waals surface area (Å²) in [5.74, 6) is 0.692. The first-order valence-electron chi connectivity index (χ1n) is 3.33. The van der Waals surface area contributed by atoms with Gasteiger partial charge < -0.3 is 0 Å². The summed E-state index contributed by atoms with van der Waals surface area (Å²) in [5, 5.41) is 0.808. The van der Waals surface area contributed by atoms with Crippen LogP contribution >= 0.6 is 35.8 Å². The van der Waals surface area contributed by atoms with Gasteiger partial charge in [0, 0.05) is 5.75 Å². The molecular formula is C8H7Cl2NS. The van der Waals surface area contributed by atoms with E-state index in [1.54, 1.807) is 12.1 Å². The van der Waals surface area contributed by atoms with E-state index >= 15 is 0 Å². The van der Waals surface area contributed by atoms with Crippen LogP contribution in [0.15, 0.2) is 18.2 Å². The SMILES string of the molecule is SCC=Cc1cc(Cl)nc(Cl)c1. The van der Waals surface area contributed by atoms with Crippen molar-refractivity contribution in [3.63, 3.8) is 0 Å². The molecule has 1 heterocycles. The average molecular weight is 220 g/mol. The third-order valence-corrected chi connectivity index (χ3v) is 1.80. The number of pyridine rings is 1. The monoisotopic (exact) mass is 219 g/mol. The second-order valence-corrected chi connectivity index (χ2v) is 3.27. The third kappa shape index (κ3) is 3.05. The lowest BCUT2D eigenvalue weighted by atomic mass is 10.2. The molecule has 1 aromatic rings. The zero-order valence-electron chi connectivity index (χ0n) is 6.17. The van der Waals surface area contributed by atoms with Gasteiger partial charge >= 0.3 is 0 Å². The second kappa shape index (κ2) is 4.75. The zero-order chi connectivity index (χ0) is 8.97. The van der Waals surface area contributed by atoms with Gasteiger partial charge in [0.1, 0.15) is 10.3 Å². The molecule has 0 aliphatic heterocycles. The van der Waals surface area contributed by atoms with Crippen LogP contribution in [-0.2, 0) is 0 Å². The molecular weight excluding hydrogens is 213 g/mol. The third-order valence-electron chi connectivity index (χ3n) is 1.20. The summed E-state index contributed by atoms with van der Waals surface area (Å²) in [6.45, 7) is 0. The minimum atomic E-state index is 0.404. The molecule has 0 bridgehead atoms. The van der Waals surface area contributed by atoms with Gasteiger partial charge in [-0.1, -0.05) is 35.4 Å². The van der Waals surface area contributed by atoms with E-state index in [1.165, 1.54) is 0 Å². The minimum absolute atomic E-state index is 0.404. The fourth-order valence-electron chi connectivity index (χ4n) is 0.768. The highest BCUT2D eigenvalue weighted by molar-refractivity contribution is 7.80. The summed E-state index contributed by atoms with van der Waals surface area (Å²) in [5.41, 5.74) is 0.939. The molecule has 1 aromatic heterocycles. The lowest BCUT2D eigenvalue weighted by Crippen LogP contribution is -1.79. The Labute approximate surface area is 86.8 Å². The largest absolute Gasteiger partial charge is 0.224 e. The molecule has 0 aliphatic carbocycles. The summed E-state index contributed by atoms with van der Waals surface area (Å²) in [7, 11) is 0. The number of nitrogens with zero attached hydrogens (tertiary/aromatic N) is 1. The van der Waals surface area contributed by atoms with Crippen LogP contribution in [0.4, 0.5) is 0 Å². The van der Waals surface area contributed by atoms with Gasteiger partial charge in [0.2, 0.25) is 0 Å². The second-order valence-electron chi connectivity index (χ2n) is 2.13. The van der Waals surface area contributed by atoms with Crippen molar-refractivity contribution in [2.75, 3.05) is 5.75 Å². The molecule has 0 aliphatic rings. The van der Waals surface area contributed by atoms with Crippen LogP contribution < -0.4 is 0 Å². The van der Waals surface area contributed by atoms with Gasteiger partial charge in [0.05, 0.1) is 0 Å². The normalized spacial score (nSPS) is 10.9. The Kier molecular flexibility index (Phi) is 3.92.